The summed E-state index contributed by atoms with van der Waals surface area (Å²) in [5, 5.41) is 0. The van der Waals surface area contributed by atoms with E-state index in [4.69, 9.17) is 10.6 Å². The molecule has 0 radical (unpaired) electrons. The molecule has 16 heavy (non-hydrogen) atoms. The fraction of sp³-hybridized carbons (Fsp3) is 1.00. The third kappa shape index (κ3) is 7.20. The number of hydrazine groups is 1. The predicted octanol–water partition coefficient (Wildman–Crippen LogP) is 2.85. The summed E-state index contributed by atoms with van der Waals surface area (Å²) in [6, 6.07) is 0.304. The Labute approximate surface area is 101 Å². The molecule has 0 rings (SSSR count). The highest BCUT2D eigenvalue weighted by Crippen LogP contribution is 2.15. The van der Waals surface area contributed by atoms with Crippen LogP contribution in [-0.4, -0.2) is 18.8 Å². The Morgan fingerprint density at radius 1 is 1.12 bits per heavy atom. The summed E-state index contributed by atoms with van der Waals surface area (Å²) >= 11 is 0. The molecule has 2 atom stereocenters. The van der Waals surface area contributed by atoms with Gasteiger partial charge < -0.3 is 4.74 Å². The summed E-state index contributed by atoms with van der Waals surface area (Å²) in [6.45, 7) is 9.53. The van der Waals surface area contributed by atoms with Gasteiger partial charge in [-0.2, -0.15) is 0 Å². The Balaban J connectivity index is 3.98. The molecule has 0 fully saturated rings. The Morgan fingerprint density at radius 2 is 1.81 bits per heavy atom. The number of hydrogen-bond donors (Lipinski definition) is 2. The maximum absolute atomic E-state index is 5.75. The molecule has 0 bridgehead atoms. The van der Waals surface area contributed by atoms with Crippen LogP contribution in [0.1, 0.15) is 59.8 Å². The van der Waals surface area contributed by atoms with Gasteiger partial charge >= 0.3 is 0 Å². The number of nitrogens with two attached hydrogens (primary N) is 1. The summed E-state index contributed by atoms with van der Waals surface area (Å²) in [6.07, 6.45) is 6.10. The molecule has 98 valence electrons. The molecule has 0 saturated carbocycles. The number of rotatable bonds is 10. The number of ether oxygens (including phenoxy) is 1. The van der Waals surface area contributed by atoms with Crippen LogP contribution in [0, 0.1) is 5.92 Å². The third-order valence-electron chi connectivity index (χ3n) is 2.91. The van der Waals surface area contributed by atoms with Crippen LogP contribution in [0.5, 0.6) is 0 Å². The Morgan fingerprint density at radius 3 is 2.25 bits per heavy atom. The van der Waals surface area contributed by atoms with Crippen LogP contribution in [0.3, 0.4) is 0 Å². The maximum Gasteiger partial charge on any atom is 0.0741 e. The molecule has 3 nitrogen and oxygen atoms in total. The topological polar surface area (TPSA) is 47.3 Å². The van der Waals surface area contributed by atoms with Crippen molar-refractivity contribution in [3.8, 4) is 0 Å². The van der Waals surface area contributed by atoms with Gasteiger partial charge in [-0.05, 0) is 25.7 Å². The summed E-state index contributed by atoms with van der Waals surface area (Å²) < 4.78 is 5.75. The molecule has 0 aromatic carbocycles. The van der Waals surface area contributed by atoms with E-state index in [1.165, 1.54) is 12.8 Å². The van der Waals surface area contributed by atoms with Gasteiger partial charge in [0.2, 0.25) is 0 Å². The van der Waals surface area contributed by atoms with E-state index in [1.807, 2.05) is 6.92 Å². The highest BCUT2D eigenvalue weighted by Gasteiger charge is 2.19. The SMILES string of the molecule is CCCC(OCC)C(CCCC(C)C)NN. The summed E-state index contributed by atoms with van der Waals surface area (Å²) in [5.74, 6) is 6.39. The Bertz CT molecular complexity index is 145. The first-order valence-corrected chi connectivity index (χ1v) is 6.73. The second kappa shape index (κ2) is 10.1. The average molecular weight is 230 g/mol. The molecule has 0 aromatic rings. The number of nitrogens with one attached hydrogen (secondary N) is 1. The molecule has 0 aromatic heterocycles. The van der Waals surface area contributed by atoms with Gasteiger partial charge in [0.1, 0.15) is 0 Å². The Kier molecular flexibility index (Phi) is 9.99. The fourth-order valence-electron chi connectivity index (χ4n) is 2.02. The third-order valence-corrected chi connectivity index (χ3v) is 2.91. The Hall–Kier alpha value is -0.120. The first-order valence-electron chi connectivity index (χ1n) is 6.73. The molecule has 0 spiro atoms. The lowest BCUT2D eigenvalue weighted by Crippen LogP contribution is -2.45. The normalized spacial score (nSPS) is 15.4. The second-order valence-electron chi connectivity index (χ2n) is 4.88. The van der Waals surface area contributed by atoms with Crippen molar-refractivity contribution in [3.63, 3.8) is 0 Å². The van der Waals surface area contributed by atoms with Crippen molar-refractivity contribution < 1.29 is 4.74 Å². The van der Waals surface area contributed by atoms with E-state index in [-0.39, 0.29) is 6.10 Å². The highest BCUT2D eigenvalue weighted by atomic mass is 16.5. The van der Waals surface area contributed by atoms with Crippen molar-refractivity contribution in [2.24, 2.45) is 11.8 Å². The molecular weight excluding hydrogens is 200 g/mol. The summed E-state index contributed by atoms with van der Waals surface area (Å²) in [7, 11) is 0. The molecule has 0 aliphatic heterocycles. The minimum atomic E-state index is 0.271. The molecule has 0 saturated heterocycles. The largest absolute Gasteiger partial charge is 0.377 e. The van der Waals surface area contributed by atoms with E-state index < -0.39 is 0 Å². The van der Waals surface area contributed by atoms with Gasteiger partial charge in [-0.3, -0.25) is 11.3 Å². The van der Waals surface area contributed by atoms with Crippen LogP contribution in [0.25, 0.3) is 0 Å². The van der Waals surface area contributed by atoms with E-state index in [1.54, 1.807) is 0 Å². The number of hydrogen-bond acceptors (Lipinski definition) is 3. The van der Waals surface area contributed by atoms with Crippen molar-refractivity contribution >= 4 is 0 Å². The van der Waals surface area contributed by atoms with Crippen LogP contribution in [-0.2, 0) is 4.74 Å². The first kappa shape index (κ1) is 15.9. The molecule has 0 aliphatic rings. The molecular formula is C13H30N2O. The molecule has 0 heterocycles. The van der Waals surface area contributed by atoms with Crippen LogP contribution in [0.4, 0.5) is 0 Å². The van der Waals surface area contributed by atoms with Crippen LogP contribution < -0.4 is 11.3 Å². The van der Waals surface area contributed by atoms with E-state index in [0.29, 0.717) is 6.04 Å². The fourth-order valence-corrected chi connectivity index (χ4v) is 2.02. The van der Waals surface area contributed by atoms with Crippen molar-refractivity contribution in [1.29, 1.82) is 0 Å². The average Bonchev–Trinajstić information content (AvgIpc) is 2.24. The summed E-state index contributed by atoms with van der Waals surface area (Å²) in [4.78, 5) is 0. The van der Waals surface area contributed by atoms with Crippen LogP contribution in [0.2, 0.25) is 0 Å². The van der Waals surface area contributed by atoms with Gasteiger partial charge in [0.05, 0.1) is 6.10 Å². The summed E-state index contributed by atoms with van der Waals surface area (Å²) in [5.41, 5.74) is 2.92. The van der Waals surface area contributed by atoms with Crippen molar-refractivity contribution in [2.75, 3.05) is 6.61 Å². The molecule has 3 N–H and O–H groups in total. The highest BCUT2D eigenvalue weighted by molar-refractivity contribution is 4.75. The van der Waals surface area contributed by atoms with Gasteiger partial charge in [-0.1, -0.05) is 40.0 Å². The lowest BCUT2D eigenvalue weighted by atomic mass is 9.98. The van der Waals surface area contributed by atoms with E-state index in [0.717, 1.165) is 31.8 Å². The minimum absolute atomic E-state index is 0.271. The lowest BCUT2D eigenvalue weighted by Gasteiger charge is -2.26. The van der Waals surface area contributed by atoms with E-state index in [9.17, 15) is 0 Å². The van der Waals surface area contributed by atoms with Gasteiger partial charge in [0.25, 0.3) is 0 Å². The van der Waals surface area contributed by atoms with E-state index in [2.05, 4.69) is 26.2 Å². The predicted molar refractivity (Wildman–Crippen MR) is 70.1 cm³/mol. The van der Waals surface area contributed by atoms with Crippen molar-refractivity contribution in [2.45, 2.75) is 71.9 Å². The van der Waals surface area contributed by atoms with Crippen molar-refractivity contribution in [1.82, 2.24) is 5.43 Å². The molecule has 2 unspecified atom stereocenters. The maximum atomic E-state index is 5.75. The molecule has 0 aliphatic carbocycles. The monoisotopic (exact) mass is 230 g/mol. The van der Waals surface area contributed by atoms with Gasteiger partial charge in [0, 0.05) is 12.6 Å². The quantitative estimate of drug-likeness (QED) is 0.448. The zero-order valence-electron chi connectivity index (χ0n) is 11.5. The molecule has 0 amide bonds. The van der Waals surface area contributed by atoms with Gasteiger partial charge in [0.15, 0.2) is 0 Å². The van der Waals surface area contributed by atoms with Crippen LogP contribution in [0.15, 0.2) is 0 Å². The van der Waals surface area contributed by atoms with Crippen LogP contribution >= 0.6 is 0 Å². The zero-order valence-corrected chi connectivity index (χ0v) is 11.5. The second-order valence-corrected chi connectivity index (χ2v) is 4.88. The minimum Gasteiger partial charge on any atom is -0.377 e. The molecule has 3 heteroatoms. The zero-order chi connectivity index (χ0) is 12.4. The van der Waals surface area contributed by atoms with Gasteiger partial charge in [-0.25, -0.2) is 0 Å². The van der Waals surface area contributed by atoms with E-state index >= 15 is 0 Å². The standard InChI is InChI=1S/C13H30N2O/c1-5-8-13(16-6-2)12(15-14)10-7-9-11(3)4/h11-13,15H,5-10,14H2,1-4H3. The van der Waals surface area contributed by atoms with Crippen molar-refractivity contribution in [3.05, 3.63) is 0 Å². The lowest BCUT2D eigenvalue weighted by molar-refractivity contribution is 0.0251. The van der Waals surface area contributed by atoms with Gasteiger partial charge in [-0.15, -0.1) is 0 Å². The smallest absolute Gasteiger partial charge is 0.0741 e. The first-order chi connectivity index (χ1) is 7.65.